The maximum Gasteiger partial charge on any atom is 0.340 e. The second-order valence-corrected chi connectivity index (χ2v) is 8.71. The van der Waals surface area contributed by atoms with Crippen LogP contribution in [0.4, 0.5) is 11.4 Å². The van der Waals surface area contributed by atoms with Crippen LogP contribution >= 0.6 is 15.9 Å². The number of anilines is 2. The van der Waals surface area contributed by atoms with E-state index in [1.54, 1.807) is 18.2 Å². The van der Waals surface area contributed by atoms with Crippen molar-refractivity contribution >= 4 is 50.0 Å². The Hall–Kier alpha value is -3.10. The molecule has 0 saturated carbocycles. The van der Waals surface area contributed by atoms with Gasteiger partial charge in [-0.3, -0.25) is 4.79 Å². The lowest BCUT2D eigenvalue weighted by Crippen LogP contribution is -2.37. The summed E-state index contributed by atoms with van der Waals surface area (Å²) in [7, 11) is 1.53. The van der Waals surface area contributed by atoms with E-state index in [1.165, 1.54) is 7.11 Å². The summed E-state index contributed by atoms with van der Waals surface area (Å²) in [5.74, 6) is -0.301. The number of nitrogens with one attached hydrogen (secondary N) is 1. The first-order valence-electron chi connectivity index (χ1n) is 11.2. The van der Waals surface area contributed by atoms with Crippen molar-refractivity contribution in [2.24, 2.45) is 0 Å². The molecule has 1 N–H and O–H groups in total. The monoisotopic (exact) mass is 526 g/mol. The van der Waals surface area contributed by atoms with Crippen molar-refractivity contribution in [2.75, 3.05) is 50.2 Å². The van der Waals surface area contributed by atoms with E-state index in [0.29, 0.717) is 59.9 Å². The van der Waals surface area contributed by atoms with Gasteiger partial charge >= 0.3 is 5.97 Å². The maximum absolute atomic E-state index is 13.3. The molecule has 1 aliphatic heterocycles. The lowest BCUT2D eigenvalue weighted by molar-refractivity contribution is 0.0504. The van der Waals surface area contributed by atoms with Gasteiger partial charge in [-0.05, 0) is 57.4 Å². The van der Waals surface area contributed by atoms with Crippen LogP contribution in [0.2, 0.25) is 0 Å². The fraction of sp³-hybridized carbons (Fsp3) is 0.308. The van der Waals surface area contributed by atoms with Crippen molar-refractivity contribution in [1.29, 1.82) is 0 Å². The van der Waals surface area contributed by atoms with Gasteiger partial charge in [-0.2, -0.15) is 0 Å². The molecule has 3 aromatic carbocycles. The molecule has 1 amide bonds. The largest absolute Gasteiger partial charge is 0.495 e. The zero-order valence-corrected chi connectivity index (χ0v) is 20.8. The van der Waals surface area contributed by atoms with E-state index in [2.05, 4.69) is 26.1 Å². The molecule has 0 aromatic heterocycles. The fourth-order valence-corrected chi connectivity index (χ4v) is 4.72. The molecule has 0 radical (unpaired) electrons. The van der Waals surface area contributed by atoms with Gasteiger partial charge in [-0.25, -0.2) is 4.79 Å². The van der Waals surface area contributed by atoms with Crippen molar-refractivity contribution in [2.45, 2.75) is 13.3 Å². The molecule has 1 fully saturated rings. The number of carbonyl (C=O) groups is 2. The summed E-state index contributed by atoms with van der Waals surface area (Å²) in [6, 6.07) is 14.9. The smallest absolute Gasteiger partial charge is 0.340 e. The van der Waals surface area contributed by atoms with Gasteiger partial charge in [0.25, 0.3) is 5.91 Å². The van der Waals surface area contributed by atoms with E-state index in [4.69, 9.17) is 14.2 Å². The minimum absolute atomic E-state index is 0.334. The van der Waals surface area contributed by atoms with E-state index in [9.17, 15) is 9.59 Å². The second-order valence-electron chi connectivity index (χ2n) is 7.91. The number of esters is 1. The third kappa shape index (κ3) is 5.03. The topological polar surface area (TPSA) is 77.1 Å². The van der Waals surface area contributed by atoms with Gasteiger partial charge in [0.2, 0.25) is 0 Å². The third-order valence-electron chi connectivity index (χ3n) is 5.65. The molecule has 1 aliphatic rings. The van der Waals surface area contributed by atoms with Gasteiger partial charge in [0.15, 0.2) is 0 Å². The van der Waals surface area contributed by atoms with Crippen molar-refractivity contribution < 1.29 is 23.8 Å². The van der Waals surface area contributed by atoms with Crippen LogP contribution in [0, 0.1) is 0 Å². The normalized spacial score (nSPS) is 13.6. The standard InChI is InChI=1S/C26H27BrN2O5/c1-3-12-34-26(31)20-16-18(8-9-22(20)29-10-13-33-14-11-29)28-25(30)21-15-17-6-4-5-7-19(17)23(27)24(21)32-2/h4-9,15-16H,3,10-14H2,1-2H3,(H,28,30). The summed E-state index contributed by atoms with van der Waals surface area (Å²) in [5.41, 5.74) is 2.07. The summed E-state index contributed by atoms with van der Waals surface area (Å²) in [6.45, 7) is 4.84. The summed E-state index contributed by atoms with van der Waals surface area (Å²) in [5, 5.41) is 4.78. The zero-order chi connectivity index (χ0) is 24.1. The van der Waals surface area contributed by atoms with Crippen LogP contribution in [0.15, 0.2) is 53.0 Å². The second kappa shape index (κ2) is 10.9. The van der Waals surface area contributed by atoms with Gasteiger partial charge in [0.1, 0.15) is 5.75 Å². The molecule has 1 saturated heterocycles. The predicted molar refractivity (Wildman–Crippen MR) is 136 cm³/mol. The van der Waals surface area contributed by atoms with Crippen LogP contribution in [0.1, 0.15) is 34.1 Å². The van der Waals surface area contributed by atoms with Gasteiger partial charge < -0.3 is 24.4 Å². The highest BCUT2D eigenvalue weighted by atomic mass is 79.9. The van der Waals surface area contributed by atoms with Crippen LogP contribution in [-0.2, 0) is 9.47 Å². The predicted octanol–water partition coefficient (Wildman–Crippen LogP) is 5.27. The molecule has 0 unspecified atom stereocenters. The highest BCUT2D eigenvalue weighted by Gasteiger charge is 2.22. The number of halogens is 1. The highest BCUT2D eigenvalue weighted by molar-refractivity contribution is 9.10. The Morgan fingerprint density at radius 3 is 2.59 bits per heavy atom. The number of rotatable bonds is 7. The Kier molecular flexibility index (Phi) is 7.70. The van der Waals surface area contributed by atoms with Crippen LogP contribution in [-0.4, -0.2) is 51.9 Å². The third-order valence-corrected chi connectivity index (χ3v) is 6.44. The average Bonchev–Trinajstić information content (AvgIpc) is 2.87. The van der Waals surface area contributed by atoms with E-state index in [1.807, 2.05) is 37.3 Å². The van der Waals surface area contributed by atoms with E-state index in [0.717, 1.165) is 22.9 Å². The molecule has 1 heterocycles. The lowest BCUT2D eigenvalue weighted by atomic mass is 10.0. The molecule has 3 aromatic rings. The molecule has 7 nitrogen and oxygen atoms in total. The summed E-state index contributed by atoms with van der Waals surface area (Å²) < 4.78 is 17.1. The number of benzene rings is 3. The summed E-state index contributed by atoms with van der Waals surface area (Å²) in [6.07, 6.45) is 0.728. The Morgan fingerprint density at radius 1 is 1.09 bits per heavy atom. The minimum atomic E-state index is -0.412. The van der Waals surface area contributed by atoms with Crippen molar-refractivity contribution in [3.63, 3.8) is 0 Å². The molecular formula is C26H27BrN2O5. The molecule has 34 heavy (non-hydrogen) atoms. The van der Waals surface area contributed by atoms with Gasteiger partial charge in [-0.15, -0.1) is 0 Å². The Labute approximate surface area is 207 Å². The van der Waals surface area contributed by atoms with Gasteiger partial charge in [-0.1, -0.05) is 31.2 Å². The fourth-order valence-electron chi connectivity index (χ4n) is 3.98. The van der Waals surface area contributed by atoms with Crippen LogP contribution < -0.4 is 15.0 Å². The zero-order valence-electron chi connectivity index (χ0n) is 19.2. The molecule has 4 rings (SSSR count). The Morgan fingerprint density at radius 2 is 1.85 bits per heavy atom. The van der Waals surface area contributed by atoms with Crippen LogP contribution in [0.25, 0.3) is 10.8 Å². The molecule has 0 spiro atoms. The number of morpholine rings is 1. The lowest BCUT2D eigenvalue weighted by Gasteiger charge is -2.30. The Bertz CT molecular complexity index is 1210. The number of amides is 1. The number of hydrogen-bond acceptors (Lipinski definition) is 6. The number of nitrogens with zero attached hydrogens (tertiary/aromatic N) is 1. The number of fused-ring (bicyclic) bond motifs is 1. The molecule has 178 valence electrons. The van der Waals surface area contributed by atoms with Crippen molar-refractivity contribution in [3.8, 4) is 5.75 Å². The van der Waals surface area contributed by atoms with E-state index in [-0.39, 0.29) is 5.91 Å². The Balaban J connectivity index is 1.67. The van der Waals surface area contributed by atoms with E-state index >= 15 is 0 Å². The summed E-state index contributed by atoms with van der Waals surface area (Å²) >= 11 is 3.57. The molecule has 0 atom stereocenters. The first kappa shape index (κ1) is 24.0. The van der Waals surface area contributed by atoms with E-state index < -0.39 is 5.97 Å². The van der Waals surface area contributed by atoms with Crippen LogP contribution in [0.3, 0.4) is 0 Å². The quantitative estimate of drug-likeness (QED) is 0.422. The maximum atomic E-state index is 13.3. The van der Waals surface area contributed by atoms with Crippen LogP contribution in [0.5, 0.6) is 5.75 Å². The average molecular weight is 527 g/mol. The number of hydrogen-bond donors (Lipinski definition) is 1. The number of methoxy groups -OCH3 is 1. The highest BCUT2D eigenvalue weighted by Crippen LogP contribution is 2.37. The van der Waals surface area contributed by atoms with Gasteiger partial charge in [0, 0.05) is 18.8 Å². The first-order valence-corrected chi connectivity index (χ1v) is 12.0. The molecular weight excluding hydrogens is 500 g/mol. The van der Waals surface area contributed by atoms with Crippen molar-refractivity contribution in [3.05, 3.63) is 64.1 Å². The minimum Gasteiger partial charge on any atom is -0.495 e. The molecule has 8 heteroatoms. The summed E-state index contributed by atoms with van der Waals surface area (Å²) in [4.78, 5) is 28.2. The SMILES string of the molecule is CCCOC(=O)c1cc(NC(=O)c2cc3ccccc3c(Br)c2OC)ccc1N1CCOCC1. The molecule has 0 bridgehead atoms. The number of carbonyl (C=O) groups excluding carboxylic acids is 2. The van der Waals surface area contributed by atoms with Gasteiger partial charge in [0.05, 0.1) is 48.2 Å². The first-order chi connectivity index (χ1) is 16.5. The molecule has 0 aliphatic carbocycles. The number of ether oxygens (including phenoxy) is 3. The van der Waals surface area contributed by atoms with Crippen molar-refractivity contribution in [1.82, 2.24) is 0 Å².